The SMILES string of the molecule is CCCC(C)C1(O)C=CC(C)CC1. The van der Waals surface area contributed by atoms with Crippen LogP contribution in [0.15, 0.2) is 12.2 Å². The molecular formula is C12H22O. The first-order valence-electron chi connectivity index (χ1n) is 5.50. The summed E-state index contributed by atoms with van der Waals surface area (Å²) < 4.78 is 0. The highest BCUT2D eigenvalue weighted by Crippen LogP contribution is 2.33. The Balaban J connectivity index is 2.60. The van der Waals surface area contributed by atoms with Crippen LogP contribution in [0.25, 0.3) is 0 Å². The summed E-state index contributed by atoms with van der Waals surface area (Å²) in [5.41, 5.74) is -0.511. The van der Waals surface area contributed by atoms with Gasteiger partial charge < -0.3 is 5.11 Å². The van der Waals surface area contributed by atoms with Gasteiger partial charge in [-0.3, -0.25) is 0 Å². The molecule has 1 aliphatic carbocycles. The molecule has 0 bridgehead atoms. The molecule has 0 radical (unpaired) electrons. The van der Waals surface area contributed by atoms with Crippen LogP contribution in [0.1, 0.15) is 46.5 Å². The number of allylic oxidation sites excluding steroid dienone is 1. The van der Waals surface area contributed by atoms with Crippen molar-refractivity contribution < 1.29 is 5.11 Å². The molecule has 0 saturated heterocycles. The second-order valence-electron chi connectivity index (χ2n) is 4.56. The van der Waals surface area contributed by atoms with Crippen molar-refractivity contribution in [3.05, 3.63) is 12.2 Å². The smallest absolute Gasteiger partial charge is 0.0853 e. The van der Waals surface area contributed by atoms with E-state index in [0.717, 1.165) is 25.7 Å². The molecule has 0 saturated carbocycles. The fourth-order valence-corrected chi connectivity index (χ4v) is 2.06. The van der Waals surface area contributed by atoms with Crippen molar-refractivity contribution in [1.29, 1.82) is 0 Å². The molecule has 1 aliphatic rings. The highest BCUT2D eigenvalue weighted by molar-refractivity contribution is 5.08. The maximum atomic E-state index is 10.3. The Kier molecular flexibility index (Phi) is 3.55. The van der Waals surface area contributed by atoms with E-state index in [9.17, 15) is 5.11 Å². The lowest BCUT2D eigenvalue weighted by atomic mass is 9.76. The highest BCUT2D eigenvalue weighted by atomic mass is 16.3. The van der Waals surface area contributed by atoms with Crippen molar-refractivity contribution in [2.45, 2.75) is 52.1 Å². The molecule has 0 heterocycles. The van der Waals surface area contributed by atoms with E-state index in [-0.39, 0.29) is 0 Å². The Bertz CT molecular complexity index is 186. The standard InChI is InChI=1S/C12H22O/c1-4-5-11(3)12(13)8-6-10(2)7-9-12/h6,8,10-11,13H,4-5,7,9H2,1-3H3. The molecule has 3 unspecified atom stereocenters. The Morgan fingerprint density at radius 3 is 2.77 bits per heavy atom. The largest absolute Gasteiger partial charge is 0.386 e. The third kappa shape index (κ3) is 2.57. The second kappa shape index (κ2) is 4.28. The third-order valence-corrected chi connectivity index (χ3v) is 3.29. The Morgan fingerprint density at radius 2 is 2.31 bits per heavy atom. The molecule has 1 nitrogen and oxygen atoms in total. The van der Waals surface area contributed by atoms with Crippen LogP contribution < -0.4 is 0 Å². The molecule has 0 aromatic rings. The molecule has 3 atom stereocenters. The number of rotatable bonds is 3. The predicted molar refractivity (Wildman–Crippen MR) is 56.6 cm³/mol. The van der Waals surface area contributed by atoms with E-state index in [2.05, 4.69) is 26.8 Å². The van der Waals surface area contributed by atoms with Crippen molar-refractivity contribution in [1.82, 2.24) is 0 Å². The molecule has 1 rings (SSSR count). The first-order valence-corrected chi connectivity index (χ1v) is 5.50. The van der Waals surface area contributed by atoms with Gasteiger partial charge in [-0.25, -0.2) is 0 Å². The molecule has 1 N–H and O–H groups in total. The molecular weight excluding hydrogens is 160 g/mol. The van der Waals surface area contributed by atoms with Crippen LogP contribution in [-0.4, -0.2) is 10.7 Å². The summed E-state index contributed by atoms with van der Waals surface area (Å²) in [6.07, 6.45) is 8.53. The van der Waals surface area contributed by atoms with Gasteiger partial charge >= 0.3 is 0 Å². The van der Waals surface area contributed by atoms with Gasteiger partial charge in [-0.1, -0.05) is 39.3 Å². The van der Waals surface area contributed by atoms with Gasteiger partial charge in [0, 0.05) is 0 Å². The normalized spacial score (nSPS) is 36.2. The predicted octanol–water partition coefficient (Wildman–Crippen LogP) is 3.14. The Morgan fingerprint density at radius 1 is 1.62 bits per heavy atom. The zero-order valence-electron chi connectivity index (χ0n) is 9.09. The van der Waals surface area contributed by atoms with Crippen LogP contribution in [0.3, 0.4) is 0 Å². The van der Waals surface area contributed by atoms with Gasteiger partial charge in [0.2, 0.25) is 0 Å². The molecule has 76 valence electrons. The minimum atomic E-state index is -0.511. The summed E-state index contributed by atoms with van der Waals surface area (Å²) in [5, 5.41) is 10.3. The first-order chi connectivity index (χ1) is 6.08. The Hall–Kier alpha value is -0.300. The summed E-state index contributed by atoms with van der Waals surface area (Å²) in [4.78, 5) is 0. The van der Waals surface area contributed by atoms with E-state index >= 15 is 0 Å². The molecule has 0 aromatic heterocycles. The lowest BCUT2D eigenvalue weighted by Gasteiger charge is -2.35. The summed E-state index contributed by atoms with van der Waals surface area (Å²) >= 11 is 0. The molecule has 0 fully saturated rings. The first kappa shape index (κ1) is 10.8. The minimum absolute atomic E-state index is 0.404. The third-order valence-electron chi connectivity index (χ3n) is 3.29. The summed E-state index contributed by atoms with van der Waals surface area (Å²) in [6, 6.07) is 0. The van der Waals surface area contributed by atoms with Crippen LogP contribution in [0.4, 0.5) is 0 Å². The summed E-state index contributed by atoms with van der Waals surface area (Å²) in [5.74, 6) is 1.05. The highest BCUT2D eigenvalue weighted by Gasteiger charge is 2.32. The van der Waals surface area contributed by atoms with Gasteiger partial charge in [-0.15, -0.1) is 0 Å². The summed E-state index contributed by atoms with van der Waals surface area (Å²) in [6.45, 7) is 6.54. The van der Waals surface area contributed by atoms with Gasteiger partial charge in [-0.2, -0.15) is 0 Å². The van der Waals surface area contributed by atoms with Gasteiger partial charge in [0.1, 0.15) is 0 Å². The van der Waals surface area contributed by atoms with E-state index in [0.29, 0.717) is 11.8 Å². The zero-order valence-corrected chi connectivity index (χ0v) is 9.09. The molecule has 0 spiro atoms. The van der Waals surface area contributed by atoms with Crippen LogP contribution in [-0.2, 0) is 0 Å². The van der Waals surface area contributed by atoms with Crippen LogP contribution in [0.5, 0.6) is 0 Å². The number of hydrogen-bond acceptors (Lipinski definition) is 1. The molecule has 0 amide bonds. The van der Waals surface area contributed by atoms with E-state index in [1.54, 1.807) is 0 Å². The fraction of sp³-hybridized carbons (Fsp3) is 0.833. The van der Waals surface area contributed by atoms with Crippen molar-refractivity contribution in [2.24, 2.45) is 11.8 Å². The Labute approximate surface area is 81.9 Å². The quantitative estimate of drug-likeness (QED) is 0.665. The zero-order chi connectivity index (χ0) is 9.90. The van der Waals surface area contributed by atoms with Gasteiger partial charge in [-0.05, 0) is 31.1 Å². The monoisotopic (exact) mass is 182 g/mol. The fourth-order valence-electron chi connectivity index (χ4n) is 2.06. The molecule has 0 aliphatic heterocycles. The van der Waals surface area contributed by atoms with Gasteiger partial charge in [0.25, 0.3) is 0 Å². The van der Waals surface area contributed by atoms with Crippen LogP contribution in [0.2, 0.25) is 0 Å². The minimum Gasteiger partial charge on any atom is -0.386 e. The molecule has 1 heteroatoms. The topological polar surface area (TPSA) is 20.2 Å². The van der Waals surface area contributed by atoms with Crippen LogP contribution >= 0.6 is 0 Å². The maximum absolute atomic E-state index is 10.3. The number of aliphatic hydroxyl groups is 1. The van der Waals surface area contributed by atoms with E-state index in [1.165, 1.54) is 0 Å². The van der Waals surface area contributed by atoms with E-state index in [1.807, 2.05) is 6.08 Å². The van der Waals surface area contributed by atoms with Crippen molar-refractivity contribution >= 4 is 0 Å². The maximum Gasteiger partial charge on any atom is 0.0853 e. The summed E-state index contributed by atoms with van der Waals surface area (Å²) in [7, 11) is 0. The lowest BCUT2D eigenvalue weighted by molar-refractivity contribution is 0.0139. The van der Waals surface area contributed by atoms with E-state index < -0.39 is 5.60 Å². The average molecular weight is 182 g/mol. The number of hydrogen-bond donors (Lipinski definition) is 1. The second-order valence-corrected chi connectivity index (χ2v) is 4.56. The lowest BCUT2D eigenvalue weighted by Crippen LogP contribution is -2.36. The van der Waals surface area contributed by atoms with Gasteiger partial charge in [0.05, 0.1) is 5.60 Å². The van der Waals surface area contributed by atoms with Crippen LogP contribution in [0, 0.1) is 11.8 Å². The molecule has 13 heavy (non-hydrogen) atoms. The van der Waals surface area contributed by atoms with Crippen molar-refractivity contribution in [3.63, 3.8) is 0 Å². The van der Waals surface area contributed by atoms with E-state index in [4.69, 9.17) is 0 Å². The van der Waals surface area contributed by atoms with Crippen molar-refractivity contribution in [2.75, 3.05) is 0 Å². The van der Waals surface area contributed by atoms with Gasteiger partial charge in [0.15, 0.2) is 0 Å². The molecule has 0 aromatic carbocycles. The average Bonchev–Trinajstić information content (AvgIpc) is 2.11. The van der Waals surface area contributed by atoms with Crippen molar-refractivity contribution in [3.8, 4) is 0 Å².